The zero-order chi connectivity index (χ0) is 13.2. The second-order valence-corrected chi connectivity index (χ2v) is 6.22. The molecule has 18 heavy (non-hydrogen) atoms. The Morgan fingerprint density at radius 1 is 1.22 bits per heavy atom. The molecular formula is C16H24O2. The molecule has 0 N–H and O–H groups in total. The van der Waals surface area contributed by atoms with Crippen molar-refractivity contribution in [3.05, 3.63) is 35.9 Å². The Morgan fingerprint density at radius 2 is 1.89 bits per heavy atom. The third kappa shape index (κ3) is 3.12. The molecule has 1 saturated heterocycles. The predicted octanol–water partition coefficient (Wildman–Crippen LogP) is 3.65. The van der Waals surface area contributed by atoms with Crippen LogP contribution in [0.5, 0.6) is 0 Å². The zero-order valence-corrected chi connectivity index (χ0v) is 11.8. The molecule has 0 aliphatic carbocycles. The fourth-order valence-electron chi connectivity index (χ4n) is 2.75. The van der Waals surface area contributed by atoms with Crippen molar-refractivity contribution in [3.8, 4) is 0 Å². The second-order valence-electron chi connectivity index (χ2n) is 6.22. The summed E-state index contributed by atoms with van der Waals surface area (Å²) in [5.74, 6) is 0.516. The van der Waals surface area contributed by atoms with Crippen LogP contribution in [0.1, 0.15) is 33.3 Å². The minimum absolute atomic E-state index is 0.0986. The summed E-state index contributed by atoms with van der Waals surface area (Å²) in [5.41, 5.74) is 1.37. The van der Waals surface area contributed by atoms with Crippen LogP contribution in [-0.4, -0.2) is 19.0 Å². The molecule has 0 spiro atoms. The Labute approximate surface area is 110 Å². The highest BCUT2D eigenvalue weighted by Gasteiger charge is 2.39. The molecule has 1 heterocycles. The van der Waals surface area contributed by atoms with Gasteiger partial charge in [0.05, 0.1) is 12.7 Å². The molecule has 1 aliphatic heterocycles. The first kappa shape index (κ1) is 13.6. The first-order valence-electron chi connectivity index (χ1n) is 6.80. The summed E-state index contributed by atoms with van der Waals surface area (Å²) >= 11 is 0. The SMILES string of the molecule is CC(C)[C@H]1O[C@@H](Cc2ccccc2)OCC1(C)C. The molecule has 1 aromatic carbocycles. The van der Waals surface area contributed by atoms with Crippen LogP contribution in [0.2, 0.25) is 0 Å². The van der Waals surface area contributed by atoms with E-state index in [-0.39, 0.29) is 17.8 Å². The molecule has 1 aliphatic rings. The topological polar surface area (TPSA) is 18.5 Å². The highest BCUT2D eigenvalue weighted by molar-refractivity contribution is 5.15. The van der Waals surface area contributed by atoms with Crippen molar-refractivity contribution >= 4 is 0 Å². The lowest BCUT2D eigenvalue weighted by atomic mass is 9.80. The first-order valence-corrected chi connectivity index (χ1v) is 6.80. The van der Waals surface area contributed by atoms with E-state index < -0.39 is 0 Å². The fourth-order valence-corrected chi connectivity index (χ4v) is 2.75. The summed E-state index contributed by atoms with van der Waals surface area (Å²) in [6.07, 6.45) is 0.993. The quantitative estimate of drug-likeness (QED) is 0.813. The van der Waals surface area contributed by atoms with Crippen LogP contribution in [-0.2, 0) is 15.9 Å². The maximum Gasteiger partial charge on any atom is 0.162 e. The molecule has 2 heteroatoms. The average molecular weight is 248 g/mol. The molecule has 2 nitrogen and oxygen atoms in total. The van der Waals surface area contributed by atoms with Crippen molar-refractivity contribution in [2.75, 3.05) is 6.61 Å². The molecule has 100 valence electrons. The van der Waals surface area contributed by atoms with Crippen LogP contribution < -0.4 is 0 Å². The van der Waals surface area contributed by atoms with E-state index in [1.807, 2.05) is 6.07 Å². The van der Waals surface area contributed by atoms with Gasteiger partial charge in [-0.2, -0.15) is 0 Å². The van der Waals surface area contributed by atoms with Gasteiger partial charge in [-0.15, -0.1) is 0 Å². The van der Waals surface area contributed by atoms with Gasteiger partial charge in [-0.3, -0.25) is 0 Å². The van der Waals surface area contributed by atoms with Crippen LogP contribution in [0.3, 0.4) is 0 Å². The van der Waals surface area contributed by atoms with E-state index in [1.54, 1.807) is 0 Å². The average Bonchev–Trinajstić information content (AvgIpc) is 2.32. The van der Waals surface area contributed by atoms with Gasteiger partial charge in [-0.05, 0) is 11.5 Å². The lowest BCUT2D eigenvalue weighted by Gasteiger charge is -2.44. The summed E-state index contributed by atoms with van der Waals surface area (Å²) in [5, 5.41) is 0. The number of hydrogen-bond donors (Lipinski definition) is 0. The third-order valence-corrected chi connectivity index (χ3v) is 3.56. The maximum atomic E-state index is 6.14. The Bertz CT molecular complexity index is 370. The van der Waals surface area contributed by atoms with Crippen molar-refractivity contribution in [3.63, 3.8) is 0 Å². The van der Waals surface area contributed by atoms with E-state index in [0.29, 0.717) is 5.92 Å². The van der Waals surface area contributed by atoms with Crippen LogP contribution >= 0.6 is 0 Å². The van der Waals surface area contributed by atoms with Crippen molar-refractivity contribution in [1.82, 2.24) is 0 Å². The number of benzene rings is 1. The molecule has 0 amide bonds. The van der Waals surface area contributed by atoms with Gasteiger partial charge in [0.25, 0.3) is 0 Å². The van der Waals surface area contributed by atoms with E-state index in [9.17, 15) is 0 Å². The van der Waals surface area contributed by atoms with Gasteiger partial charge in [-0.1, -0.05) is 58.0 Å². The van der Waals surface area contributed by atoms with Crippen LogP contribution in [0.15, 0.2) is 30.3 Å². The molecule has 0 saturated carbocycles. The largest absolute Gasteiger partial charge is 0.352 e. The Morgan fingerprint density at radius 3 is 2.50 bits per heavy atom. The van der Waals surface area contributed by atoms with Crippen molar-refractivity contribution in [2.24, 2.45) is 11.3 Å². The fraction of sp³-hybridized carbons (Fsp3) is 0.625. The van der Waals surface area contributed by atoms with Crippen LogP contribution in [0.25, 0.3) is 0 Å². The van der Waals surface area contributed by atoms with Crippen molar-refractivity contribution in [2.45, 2.75) is 46.5 Å². The summed E-state index contributed by atoms with van der Waals surface area (Å²) in [6.45, 7) is 9.65. The molecule has 1 fully saturated rings. The number of rotatable bonds is 3. The summed E-state index contributed by atoms with van der Waals surface area (Å²) in [7, 11) is 0. The lowest BCUT2D eigenvalue weighted by molar-refractivity contribution is -0.268. The standard InChI is InChI=1S/C16H24O2/c1-12(2)15-16(3,4)11-17-14(18-15)10-13-8-6-5-7-9-13/h5-9,12,14-15H,10-11H2,1-4H3/t14-,15+/m0/s1. The van der Waals surface area contributed by atoms with Gasteiger partial charge in [-0.25, -0.2) is 0 Å². The van der Waals surface area contributed by atoms with Gasteiger partial charge in [0, 0.05) is 11.8 Å². The second kappa shape index (κ2) is 5.41. The molecule has 0 bridgehead atoms. The monoisotopic (exact) mass is 248 g/mol. The maximum absolute atomic E-state index is 6.14. The minimum atomic E-state index is -0.104. The summed E-state index contributed by atoms with van der Waals surface area (Å²) in [4.78, 5) is 0. The molecule has 2 rings (SSSR count). The normalized spacial score (nSPS) is 27.4. The van der Waals surface area contributed by atoms with Gasteiger partial charge in [0.2, 0.25) is 0 Å². The van der Waals surface area contributed by atoms with Gasteiger partial charge < -0.3 is 9.47 Å². The van der Waals surface area contributed by atoms with Crippen LogP contribution in [0, 0.1) is 11.3 Å². The summed E-state index contributed by atoms with van der Waals surface area (Å²) < 4.78 is 12.0. The Balaban J connectivity index is 2.01. The number of hydrogen-bond acceptors (Lipinski definition) is 2. The van der Waals surface area contributed by atoms with E-state index in [0.717, 1.165) is 13.0 Å². The number of ether oxygens (including phenoxy) is 2. The van der Waals surface area contributed by atoms with Gasteiger partial charge in [0.1, 0.15) is 0 Å². The zero-order valence-electron chi connectivity index (χ0n) is 11.8. The van der Waals surface area contributed by atoms with Gasteiger partial charge >= 0.3 is 0 Å². The highest BCUT2D eigenvalue weighted by Crippen LogP contribution is 2.35. The van der Waals surface area contributed by atoms with Gasteiger partial charge in [0.15, 0.2) is 6.29 Å². The van der Waals surface area contributed by atoms with E-state index in [1.165, 1.54) is 5.56 Å². The molecule has 1 aromatic rings. The van der Waals surface area contributed by atoms with Crippen molar-refractivity contribution in [1.29, 1.82) is 0 Å². The smallest absolute Gasteiger partial charge is 0.162 e. The Kier molecular flexibility index (Phi) is 4.08. The van der Waals surface area contributed by atoms with Crippen LogP contribution in [0.4, 0.5) is 0 Å². The van der Waals surface area contributed by atoms with E-state index in [2.05, 4.69) is 52.0 Å². The van der Waals surface area contributed by atoms with E-state index >= 15 is 0 Å². The molecule has 0 aromatic heterocycles. The predicted molar refractivity (Wildman–Crippen MR) is 73.4 cm³/mol. The molecule has 2 atom stereocenters. The third-order valence-electron chi connectivity index (χ3n) is 3.56. The molecule has 0 unspecified atom stereocenters. The Hall–Kier alpha value is -0.860. The highest BCUT2D eigenvalue weighted by atomic mass is 16.7. The lowest BCUT2D eigenvalue weighted by Crippen LogP contribution is -2.48. The first-order chi connectivity index (χ1) is 8.49. The minimum Gasteiger partial charge on any atom is -0.352 e. The summed E-state index contributed by atoms with van der Waals surface area (Å²) in [6, 6.07) is 10.4. The van der Waals surface area contributed by atoms with E-state index in [4.69, 9.17) is 9.47 Å². The molecular weight excluding hydrogens is 224 g/mol. The van der Waals surface area contributed by atoms with Crippen molar-refractivity contribution < 1.29 is 9.47 Å². The molecule has 0 radical (unpaired) electrons.